The number of aryl methyl sites for hydroxylation is 1. The number of carbonyl (C=O) groups excluding carboxylic acids is 1. The zero-order chi connectivity index (χ0) is 16.4. The maximum atomic E-state index is 12.1. The number of anilines is 1. The van der Waals surface area contributed by atoms with Crippen LogP contribution in [0.3, 0.4) is 0 Å². The highest BCUT2D eigenvalue weighted by Crippen LogP contribution is 2.29. The highest BCUT2D eigenvalue weighted by atomic mass is 32.1. The average Bonchev–Trinajstić information content (AvgIpc) is 2.88. The minimum Gasteiger partial charge on any atom is -0.327 e. The molecule has 3 N–H and O–H groups in total. The first kappa shape index (κ1) is 15.6. The third-order valence-corrected chi connectivity index (χ3v) is 4.80. The predicted octanol–water partition coefficient (Wildman–Crippen LogP) is 2.05. The second-order valence-electron chi connectivity index (χ2n) is 5.50. The summed E-state index contributed by atoms with van der Waals surface area (Å²) >= 11 is 1.43. The molecule has 1 aromatic carbocycles. The molecule has 23 heavy (non-hydrogen) atoms. The number of fused-ring (bicyclic) bond motifs is 1. The molecule has 0 unspecified atom stereocenters. The van der Waals surface area contributed by atoms with Gasteiger partial charge >= 0.3 is 0 Å². The number of amides is 1. The smallest absolute Gasteiger partial charge is 0.273 e. The van der Waals surface area contributed by atoms with E-state index in [1.807, 2.05) is 0 Å². The summed E-state index contributed by atoms with van der Waals surface area (Å²) < 4.78 is 0. The Balaban J connectivity index is 1.70. The fraction of sp³-hybridized carbons (Fsp3) is 0.333. The van der Waals surface area contributed by atoms with Crippen LogP contribution >= 0.6 is 11.3 Å². The number of hydrogen-bond acceptors (Lipinski definition) is 6. The highest BCUT2D eigenvalue weighted by Gasteiger charge is 2.21. The Kier molecular flexibility index (Phi) is 4.35. The zero-order valence-corrected chi connectivity index (χ0v) is 13.1. The molecule has 120 valence electrons. The molecule has 8 heteroatoms. The fourth-order valence-electron chi connectivity index (χ4n) is 2.63. The first-order chi connectivity index (χ1) is 11.0. The van der Waals surface area contributed by atoms with E-state index in [1.54, 1.807) is 18.2 Å². The molecule has 0 fully saturated rings. The monoisotopic (exact) mass is 332 g/mol. The van der Waals surface area contributed by atoms with Crippen molar-refractivity contribution in [1.82, 2.24) is 4.98 Å². The number of thiazole rings is 1. The van der Waals surface area contributed by atoms with Crippen molar-refractivity contribution in [2.24, 2.45) is 5.73 Å². The Hall–Kier alpha value is -2.32. The summed E-state index contributed by atoms with van der Waals surface area (Å²) in [7, 11) is 0. The molecule has 3 rings (SSSR count). The standard InChI is InChI=1S/C15H16N4O3S/c16-10-5-6-11-13(8-10)23-15(17-11)18-14(20)7-9-3-1-2-4-12(9)19(21)22/h1-4,10H,5-8,16H2,(H,17,18,20)/t10-/m0/s1. The minimum atomic E-state index is -0.480. The number of nitrogens with two attached hydrogens (primary N) is 1. The van der Waals surface area contributed by atoms with Gasteiger partial charge < -0.3 is 11.1 Å². The molecule has 0 spiro atoms. The van der Waals surface area contributed by atoms with Crippen LogP contribution in [-0.4, -0.2) is 21.9 Å². The number of benzene rings is 1. The van der Waals surface area contributed by atoms with Gasteiger partial charge in [0.25, 0.3) is 5.69 Å². The molecule has 0 radical (unpaired) electrons. The summed E-state index contributed by atoms with van der Waals surface area (Å²) in [5.74, 6) is -0.310. The lowest BCUT2D eigenvalue weighted by atomic mass is 9.99. The normalized spacial score (nSPS) is 16.7. The lowest BCUT2D eigenvalue weighted by molar-refractivity contribution is -0.385. The Bertz CT molecular complexity index is 759. The van der Waals surface area contributed by atoms with Crippen LogP contribution in [-0.2, 0) is 24.1 Å². The van der Waals surface area contributed by atoms with Crippen LogP contribution in [0.2, 0.25) is 0 Å². The number of rotatable bonds is 4. The molecule has 0 saturated carbocycles. The van der Waals surface area contributed by atoms with Gasteiger partial charge in [0, 0.05) is 22.5 Å². The molecule has 1 aromatic heterocycles. The number of hydrogen-bond donors (Lipinski definition) is 2. The number of para-hydroxylation sites is 1. The van der Waals surface area contributed by atoms with Crippen molar-refractivity contribution >= 4 is 28.1 Å². The van der Waals surface area contributed by atoms with Crippen molar-refractivity contribution in [3.63, 3.8) is 0 Å². The van der Waals surface area contributed by atoms with Gasteiger partial charge in [0.05, 0.1) is 17.0 Å². The van der Waals surface area contributed by atoms with Gasteiger partial charge in [0.15, 0.2) is 5.13 Å². The van der Waals surface area contributed by atoms with Crippen molar-refractivity contribution in [3.8, 4) is 0 Å². The molecular formula is C15H16N4O3S. The summed E-state index contributed by atoms with van der Waals surface area (Å²) in [5.41, 5.74) is 7.27. The lowest BCUT2D eigenvalue weighted by Gasteiger charge is -2.15. The molecule has 1 aliphatic rings. The number of aromatic nitrogens is 1. The van der Waals surface area contributed by atoms with Gasteiger partial charge in [-0.1, -0.05) is 18.2 Å². The van der Waals surface area contributed by atoms with Gasteiger partial charge in [-0.2, -0.15) is 0 Å². The van der Waals surface area contributed by atoms with Crippen LogP contribution < -0.4 is 11.1 Å². The van der Waals surface area contributed by atoms with E-state index in [0.717, 1.165) is 29.8 Å². The third kappa shape index (κ3) is 3.54. The SMILES string of the molecule is N[C@H]1CCc2nc(NC(=O)Cc3ccccc3[N+](=O)[O-])sc2C1. The van der Waals surface area contributed by atoms with Gasteiger partial charge in [-0.25, -0.2) is 4.98 Å². The quantitative estimate of drug-likeness (QED) is 0.657. The Morgan fingerprint density at radius 3 is 3.04 bits per heavy atom. The van der Waals surface area contributed by atoms with E-state index in [9.17, 15) is 14.9 Å². The minimum absolute atomic E-state index is 0.0490. The molecule has 0 bridgehead atoms. The van der Waals surface area contributed by atoms with Crippen molar-refractivity contribution < 1.29 is 9.72 Å². The van der Waals surface area contributed by atoms with E-state index in [1.165, 1.54) is 17.4 Å². The molecule has 1 atom stereocenters. The first-order valence-corrected chi connectivity index (χ1v) is 8.11. The van der Waals surface area contributed by atoms with E-state index in [4.69, 9.17) is 5.73 Å². The summed E-state index contributed by atoms with van der Waals surface area (Å²) in [6.45, 7) is 0. The second kappa shape index (κ2) is 6.43. The second-order valence-corrected chi connectivity index (χ2v) is 6.59. The molecule has 0 aliphatic heterocycles. The van der Waals surface area contributed by atoms with Gasteiger partial charge in [-0.3, -0.25) is 14.9 Å². The molecular weight excluding hydrogens is 316 g/mol. The number of carbonyl (C=O) groups is 1. The van der Waals surface area contributed by atoms with Gasteiger partial charge in [0.1, 0.15) is 0 Å². The Labute approximate surface area is 136 Å². The molecule has 1 amide bonds. The van der Waals surface area contributed by atoms with E-state index in [2.05, 4.69) is 10.3 Å². The number of nitro benzene ring substituents is 1. The summed E-state index contributed by atoms with van der Waals surface area (Å²) in [6.07, 6.45) is 2.46. The van der Waals surface area contributed by atoms with E-state index < -0.39 is 4.92 Å². The van der Waals surface area contributed by atoms with Crippen LogP contribution in [0.25, 0.3) is 0 Å². The molecule has 7 nitrogen and oxygen atoms in total. The first-order valence-electron chi connectivity index (χ1n) is 7.29. The largest absolute Gasteiger partial charge is 0.327 e. The van der Waals surface area contributed by atoms with Crippen LogP contribution in [0.5, 0.6) is 0 Å². The van der Waals surface area contributed by atoms with Gasteiger partial charge in [-0.15, -0.1) is 11.3 Å². The van der Waals surface area contributed by atoms with Crippen LogP contribution in [0.1, 0.15) is 22.6 Å². The zero-order valence-electron chi connectivity index (χ0n) is 12.3. The predicted molar refractivity (Wildman–Crippen MR) is 87.5 cm³/mol. The van der Waals surface area contributed by atoms with E-state index >= 15 is 0 Å². The molecule has 2 aromatic rings. The van der Waals surface area contributed by atoms with Crippen LogP contribution in [0.15, 0.2) is 24.3 Å². The highest BCUT2D eigenvalue weighted by molar-refractivity contribution is 7.15. The van der Waals surface area contributed by atoms with E-state index in [0.29, 0.717) is 10.7 Å². The molecule has 1 aliphatic carbocycles. The Morgan fingerprint density at radius 1 is 1.48 bits per heavy atom. The number of nitro groups is 1. The number of nitrogens with zero attached hydrogens (tertiary/aromatic N) is 2. The maximum Gasteiger partial charge on any atom is 0.273 e. The fourth-order valence-corrected chi connectivity index (χ4v) is 3.75. The Morgan fingerprint density at radius 2 is 2.26 bits per heavy atom. The summed E-state index contributed by atoms with van der Waals surface area (Å²) in [4.78, 5) is 28.2. The van der Waals surface area contributed by atoms with Gasteiger partial charge in [0.2, 0.25) is 5.91 Å². The van der Waals surface area contributed by atoms with Crippen molar-refractivity contribution in [2.45, 2.75) is 31.7 Å². The van der Waals surface area contributed by atoms with Gasteiger partial charge in [-0.05, 0) is 19.3 Å². The van der Waals surface area contributed by atoms with Crippen molar-refractivity contribution in [3.05, 3.63) is 50.5 Å². The van der Waals surface area contributed by atoms with Crippen molar-refractivity contribution in [2.75, 3.05) is 5.32 Å². The summed E-state index contributed by atoms with van der Waals surface area (Å²) in [6, 6.07) is 6.39. The molecule has 0 saturated heterocycles. The number of nitrogens with one attached hydrogen (secondary N) is 1. The van der Waals surface area contributed by atoms with Crippen molar-refractivity contribution in [1.29, 1.82) is 0 Å². The molecule has 1 heterocycles. The maximum absolute atomic E-state index is 12.1. The summed E-state index contributed by atoms with van der Waals surface area (Å²) in [5, 5.41) is 14.2. The lowest BCUT2D eigenvalue weighted by Crippen LogP contribution is -2.27. The van der Waals surface area contributed by atoms with E-state index in [-0.39, 0.29) is 24.1 Å². The average molecular weight is 332 g/mol. The van der Waals surface area contributed by atoms with Crippen LogP contribution in [0, 0.1) is 10.1 Å². The van der Waals surface area contributed by atoms with Crippen LogP contribution in [0.4, 0.5) is 10.8 Å². The third-order valence-electron chi connectivity index (χ3n) is 3.76. The topological polar surface area (TPSA) is 111 Å².